The highest BCUT2D eigenvalue weighted by Gasteiger charge is 2.73. The Morgan fingerprint density at radius 3 is 1.02 bits per heavy atom. The fraction of sp³-hybridized carbons (Fsp3) is 1.00. The van der Waals surface area contributed by atoms with Gasteiger partial charge in [0, 0.05) is 38.8 Å². The van der Waals surface area contributed by atoms with Crippen LogP contribution in [0.5, 0.6) is 0 Å². The third-order valence-electron chi connectivity index (χ3n) is 5.49. The van der Waals surface area contributed by atoms with Crippen molar-refractivity contribution in [3.63, 3.8) is 0 Å². The van der Waals surface area contributed by atoms with Crippen LogP contribution in [0, 0.1) is 5.21 Å². The lowest BCUT2D eigenvalue weighted by Gasteiger charge is -2.38. The maximum absolute atomic E-state index is 13.6. The van der Waals surface area contributed by atoms with E-state index in [2.05, 4.69) is 0 Å². The summed E-state index contributed by atoms with van der Waals surface area (Å²) in [7, 11) is -8.78. The van der Waals surface area contributed by atoms with Crippen LogP contribution in [-0.2, 0) is 20.0 Å². The van der Waals surface area contributed by atoms with Gasteiger partial charge in [-0.25, -0.2) is 35.1 Å². The molecule has 0 aliphatic heterocycles. The molecule has 42 heavy (non-hydrogen) atoms. The van der Waals surface area contributed by atoms with Crippen LogP contribution in [-0.4, -0.2) is 102 Å². The molecule has 256 valence electrons. The minimum atomic E-state index is -6.46. The number of sulfonamides is 2. The Labute approximate surface area is 232 Å². The molecule has 0 aliphatic carbocycles. The van der Waals surface area contributed by atoms with E-state index in [1.807, 2.05) is 0 Å². The molecule has 24 heteroatoms. The summed E-state index contributed by atoms with van der Waals surface area (Å²) in [6.07, 6.45) is -31.6. The minimum absolute atomic E-state index is 0. The van der Waals surface area contributed by atoms with Gasteiger partial charge in [-0.3, -0.25) is 0 Å². The number of hydroxylamine groups is 3. The first-order chi connectivity index (χ1) is 17.8. The van der Waals surface area contributed by atoms with Crippen molar-refractivity contribution in [1.82, 2.24) is 9.44 Å². The summed E-state index contributed by atoms with van der Waals surface area (Å²) in [4.78, 5) is 0. The summed E-state index contributed by atoms with van der Waals surface area (Å²) in [6.45, 7) is -2.33. The molecule has 0 fully saturated rings. The Morgan fingerprint density at radius 1 is 0.571 bits per heavy atom. The zero-order valence-electron chi connectivity index (χ0n) is 20.7. The summed E-state index contributed by atoms with van der Waals surface area (Å²) in [5.41, 5.74) is -11.6. The molecular weight excluding hydrogens is 668 g/mol. The molecule has 0 rings (SSSR count). The Balaban J connectivity index is 0. The second-order valence-electron chi connectivity index (χ2n) is 8.97. The van der Waals surface area contributed by atoms with Crippen LogP contribution in [0.2, 0.25) is 0 Å². The number of hydrogen-bond acceptors (Lipinski definition) is 5. The Kier molecular flexibility index (Phi) is 14.5. The quantitative estimate of drug-likeness (QED) is 0.106. The molecule has 0 aromatic heterocycles. The predicted molar refractivity (Wildman–Crippen MR) is 120 cm³/mol. The van der Waals surface area contributed by atoms with Crippen molar-refractivity contribution >= 4 is 20.0 Å². The maximum atomic E-state index is 13.6. The zero-order valence-corrected chi connectivity index (χ0v) is 22.3. The normalized spacial score (nSPS) is 15.0. The minimum Gasteiger partial charge on any atom is -0.633 e. The van der Waals surface area contributed by atoms with Gasteiger partial charge in [0.2, 0.25) is 20.0 Å². The molecule has 0 heterocycles. The molecule has 0 aromatic rings. The smallest absolute Gasteiger partial charge is 0.431 e. The highest BCUT2D eigenvalue weighted by atomic mass is 32.2. The molecule has 0 radical (unpaired) electrons. The SMILES string of the molecule is C.C[N+]([O-])(CCCNS(=O)(=O)CCC(F)(C(F)(F)F)C(F)(F)F)CCCNS(=O)(=O)CCC(F)(C(F)(F)F)C(F)(F)F. The second-order valence-corrected chi connectivity index (χ2v) is 12.8. The van der Waals surface area contributed by atoms with E-state index in [1.165, 1.54) is 0 Å². The lowest BCUT2D eigenvalue weighted by Crippen LogP contribution is -2.54. The number of rotatable bonds is 16. The van der Waals surface area contributed by atoms with Crippen molar-refractivity contribution in [3.8, 4) is 0 Å². The van der Waals surface area contributed by atoms with Crippen molar-refractivity contribution in [2.24, 2.45) is 0 Å². The van der Waals surface area contributed by atoms with E-state index < -0.39 is 111 Å². The van der Waals surface area contributed by atoms with Crippen molar-refractivity contribution in [3.05, 3.63) is 5.21 Å². The van der Waals surface area contributed by atoms with Gasteiger partial charge in [-0.1, -0.05) is 7.43 Å². The number of hydrogen-bond donors (Lipinski definition) is 2. The molecule has 0 aromatic carbocycles. The molecule has 0 amide bonds. The van der Waals surface area contributed by atoms with Gasteiger partial charge in [0.05, 0.1) is 31.6 Å². The zero-order chi connectivity index (χ0) is 33.0. The Bertz CT molecular complexity index is 946. The molecule has 0 aliphatic rings. The third kappa shape index (κ3) is 12.4. The average Bonchev–Trinajstić information content (AvgIpc) is 2.73. The van der Waals surface area contributed by atoms with Crippen molar-refractivity contribution in [2.75, 3.05) is 44.7 Å². The molecule has 2 N–H and O–H groups in total. The number of quaternary nitrogens is 1. The molecule has 0 bridgehead atoms. The van der Waals surface area contributed by atoms with Crippen LogP contribution >= 0.6 is 0 Å². The van der Waals surface area contributed by atoms with Crippen molar-refractivity contribution < 1.29 is 82.9 Å². The van der Waals surface area contributed by atoms with E-state index in [4.69, 9.17) is 0 Å². The van der Waals surface area contributed by atoms with Crippen LogP contribution < -0.4 is 9.44 Å². The lowest BCUT2D eigenvalue weighted by molar-refractivity contribution is -0.860. The van der Waals surface area contributed by atoms with E-state index in [1.54, 1.807) is 9.44 Å². The summed E-state index contributed by atoms with van der Waals surface area (Å²) >= 11 is 0. The van der Waals surface area contributed by atoms with Gasteiger partial charge in [0.15, 0.2) is 0 Å². The number of alkyl halides is 14. The summed E-state index contributed by atoms with van der Waals surface area (Å²) in [5, 5.41) is 12.3. The molecule has 8 nitrogen and oxygen atoms in total. The number of nitrogens with one attached hydrogen (secondary N) is 2. The van der Waals surface area contributed by atoms with Gasteiger partial charge >= 0.3 is 24.7 Å². The Hall–Kier alpha value is -1.24. The van der Waals surface area contributed by atoms with E-state index in [9.17, 15) is 83.5 Å². The summed E-state index contributed by atoms with van der Waals surface area (Å²) in [5.74, 6) is -3.83. The first-order valence-corrected chi connectivity index (χ1v) is 14.3. The summed E-state index contributed by atoms with van der Waals surface area (Å²) in [6, 6.07) is 0. The van der Waals surface area contributed by atoms with Gasteiger partial charge in [-0.15, -0.1) is 0 Å². The van der Waals surface area contributed by atoms with E-state index in [-0.39, 0.29) is 20.3 Å². The van der Waals surface area contributed by atoms with Gasteiger partial charge < -0.3 is 9.85 Å². The van der Waals surface area contributed by atoms with Gasteiger partial charge in [-0.2, -0.15) is 52.7 Å². The molecule has 0 unspecified atom stereocenters. The average molecular weight is 698 g/mol. The monoisotopic (exact) mass is 697 g/mol. The molecule has 0 atom stereocenters. The van der Waals surface area contributed by atoms with Gasteiger partial charge in [0.25, 0.3) is 11.3 Å². The lowest BCUT2D eigenvalue weighted by atomic mass is 10.0. The topological polar surface area (TPSA) is 115 Å². The molecular formula is C18H29F14N3O5S2. The van der Waals surface area contributed by atoms with Crippen LogP contribution in [0.15, 0.2) is 0 Å². The fourth-order valence-electron chi connectivity index (χ4n) is 2.98. The van der Waals surface area contributed by atoms with Crippen LogP contribution in [0.25, 0.3) is 0 Å². The van der Waals surface area contributed by atoms with E-state index >= 15 is 0 Å². The second kappa shape index (κ2) is 14.2. The van der Waals surface area contributed by atoms with Crippen LogP contribution in [0.3, 0.4) is 0 Å². The highest BCUT2D eigenvalue weighted by molar-refractivity contribution is 7.89. The number of nitrogens with zero attached hydrogens (tertiary/aromatic N) is 1. The fourth-order valence-corrected chi connectivity index (χ4v) is 5.28. The molecule has 0 saturated carbocycles. The first kappa shape index (κ1) is 42.9. The maximum Gasteiger partial charge on any atom is 0.431 e. The standard InChI is InChI=1S/C17H25F14N3O5S2.CH4/c1-34(35,8-2-6-32-40(36,37)10-4-12(18,14(20,21)22)15(23,24)25)9-3-7-33-41(38,39)11-5-13(19,16(26,27)28)17(29,30)31;/h32-33H,2-11H2,1H3;1H4. The van der Waals surface area contributed by atoms with Crippen LogP contribution in [0.1, 0.15) is 33.1 Å². The largest absolute Gasteiger partial charge is 0.633 e. The summed E-state index contributed by atoms with van der Waals surface area (Å²) < 4.78 is 226. The predicted octanol–water partition coefficient (Wildman–Crippen LogP) is 4.63. The van der Waals surface area contributed by atoms with Crippen molar-refractivity contribution in [2.45, 2.75) is 69.2 Å². The Morgan fingerprint density at radius 2 is 0.810 bits per heavy atom. The van der Waals surface area contributed by atoms with Gasteiger partial charge in [0.1, 0.15) is 0 Å². The van der Waals surface area contributed by atoms with Gasteiger partial charge in [-0.05, 0) is 0 Å². The third-order valence-corrected chi connectivity index (χ3v) is 8.26. The highest BCUT2D eigenvalue weighted by Crippen LogP contribution is 2.49. The first-order valence-electron chi connectivity index (χ1n) is 11.0. The molecule has 0 spiro atoms. The van der Waals surface area contributed by atoms with Crippen LogP contribution in [0.4, 0.5) is 61.5 Å². The van der Waals surface area contributed by atoms with E-state index in [0.717, 1.165) is 7.05 Å². The number of halogens is 14. The van der Waals surface area contributed by atoms with E-state index in [0.29, 0.717) is 0 Å². The molecule has 0 saturated heterocycles. The van der Waals surface area contributed by atoms with Crippen molar-refractivity contribution in [1.29, 1.82) is 0 Å².